The van der Waals surface area contributed by atoms with Gasteiger partial charge in [0.25, 0.3) is 0 Å². The molecule has 0 radical (unpaired) electrons. The summed E-state index contributed by atoms with van der Waals surface area (Å²) in [6.07, 6.45) is 0. The van der Waals surface area contributed by atoms with Crippen molar-refractivity contribution < 1.29 is 0 Å². The van der Waals surface area contributed by atoms with Gasteiger partial charge in [-0.15, -0.1) is 11.3 Å². The van der Waals surface area contributed by atoms with Crippen molar-refractivity contribution in [3.8, 4) is 11.3 Å². The van der Waals surface area contributed by atoms with Crippen molar-refractivity contribution in [2.45, 2.75) is 0 Å². The van der Waals surface area contributed by atoms with Gasteiger partial charge in [0.1, 0.15) is 0 Å². The standard InChI is InChI=1S/C24H13ClN2S/c25-24-26-22(18-11-9-14-5-1-2-6-16(14)23(18)27-24)15-10-12-21-19(13-15)17-7-3-4-8-20(17)28-21/h1-13H. The van der Waals surface area contributed by atoms with Gasteiger partial charge >= 0.3 is 0 Å². The van der Waals surface area contributed by atoms with Crippen molar-refractivity contribution in [1.82, 2.24) is 9.97 Å². The fourth-order valence-corrected chi connectivity index (χ4v) is 5.19. The summed E-state index contributed by atoms with van der Waals surface area (Å²) in [5, 5.41) is 6.06. The van der Waals surface area contributed by atoms with Crippen LogP contribution in [0.25, 0.3) is 53.1 Å². The number of nitrogens with zero attached hydrogens (tertiary/aromatic N) is 2. The van der Waals surface area contributed by atoms with E-state index in [9.17, 15) is 0 Å². The van der Waals surface area contributed by atoms with Crippen LogP contribution in [0.4, 0.5) is 0 Å². The Morgan fingerprint density at radius 1 is 0.643 bits per heavy atom. The molecule has 0 atom stereocenters. The summed E-state index contributed by atoms with van der Waals surface area (Å²) in [7, 11) is 0. The van der Waals surface area contributed by atoms with Gasteiger partial charge in [0.2, 0.25) is 5.28 Å². The van der Waals surface area contributed by atoms with E-state index >= 15 is 0 Å². The number of rotatable bonds is 1. The van der Waals surface area contributed by atoms with Crippen LogP contribution in [0.15, 0.2) is 78.9 Å². The van der Waals surface area contributed by atoms with Crippen LogP contribution < -0.4 is 0 Å². The number of fused-ring (bicyclic) bond motifs is 6. The van der Waals surface area contributed by atoms with Gasteiger partial charge in [0.05, 0.1) is 11.2 Å². The highest BCUT2D eigenvalue weighted by Crippen LogP contribution is 2.38. The first-order chi connectivity index (χ1) is 13.8. The summed E-state index contributed by atoms with van der Waals surface area (Å²) in [5.41, 5.74) is 2.82. The zero-order valence-corrected chi connectivity index (χ0v) is 16.3. The van der Waals surface area contributed by atoms with Crippen molar-refractivity contribution in [2.75, 3.05) is 0 Å². The van der Waals surface area contributed by atoms with Crippen LogP contribution in [-0.4, -0.2) is 9.97 Å². The minimum atomic E-state index is 0.272. The normalized spacial score (nSPS) is 11.8. The highest BCUT2D eigenvalue weighted by molar-refractivity contribution is 7.25. The van der Waals surface area contributed by atoms with Crippen molar-refractivity contribution in [3.63, 3.8) is 0 Å². The molecule has 4 aromatic carbocycles. The lowest BCUT2D eigenvalue weighted by atomic mass is 10.0. The van der Waals surface area contributed by atoms with Crippen molar-refractivity contribution in [2.24, 2.45) is 0 Å². The van der Waals surface area contributed by atoms with E-state index in [1.165, 1.54) is 20.2 Å². The van der Waals surface area contributed by atoms with E-state index in [0.29, 0.717) is 0 Å². The molecule has 0 spiro atoms. The average Bonchev–Trinajstić information content (AvgIpc) is 3.11. The minimum Gasteiger partial charge on any atom is -0.217 e. The quantitative estimate of drug-likeness (QED) is 0.213. The molecule has 2 nitrogen and oxygen atoms in total. The minimum absolute atomic E-state index is 0.272. The predicted molar refractivity (Wildman–Crippen MR) is 120 cm³/mol. The Hall–Kier alpha value is -3.01. The molecule has 28 heavy (non-hydrogen) atoms. The Kier molecular flexibility index (Phi) is 3.42. The lowest BCUT2D eigenvalue weighted by Gasteiger charge is -2.09. The van der Waals surface area contributed by atoms with E-state index in [0.717, 1.165) is 32.9 Å². The fraction of sp³-hybridized carbons (Fsp3) is 0. The van der Waals surface area contributed by atoms with Gasteiger partial charge in [-0.05, 0) is 41.3 Å². The van der Waals surface area contributed by atoms with Crippen LogP contribution in [0.2, 0.25) is 5.28 Å². The molecule has 4 heteroatoms. The Morgan fingerprint density at radius 2 is 1.43 bits per heavy atom. The molecule has 0 aliphatic carbocycles. The van der Waals surface area contributed by atoms with Gasteiger partial charge in [-0.2, -0.15) is 0 Å². The predicted octanol–water partition coefficient (Wildman–Crippen LogP) is 7.47. The topological polar surface area (TPSA) is 25.8 Å². The highest BCUT2D eigenvalue weighted by Gasteiger charge is 2.13. The summed E-state index contributed by atoms with van der Waals surface area (Å²) in [6, 6.07) is 27.5. The van der Waals surface area contributed by atoms with Crippen LogP contribution in [0.1, 0.15) is 0 Å². The van der Waals surface area contributed by atoms with Crippen LogP contribution in [0, 0.1) is 0 Å². The van der Waals surface area contributed by atoms with E-state index in [-0.39, 0.29) is 5.28 Å². The lowest BCUT2D eigenvalue weighted by molar-refractivity contribution is 1.23. The average molecular weight is 397 g/mol. The molecule has 6 rings (SSSR count). The van der Waals surface area contributed by atoms with E-state index in [1.807, 2.05) is 23.5 Å². The molecule has 0 bridgehead atoms. The van der Waals surface area contributed by atoms with Gasteiger partial charge in [0, 0.05) is 36.5 Å². The summed E-state index contributed by atoms with van der Waals surface area (Å²) >= 11 is 8.16. The number of hydrogen-bond donors (Lipinski definition) is 0. The summed E-state index contributed by atoms with van der Waals surface area (Å²) in [4.78, 5) is 9.16. The third-order valence-electron chi connectivity index (χ3n) is 5.21. The van der Waals surface area contributed by atoms with Gasteiger partial charge in [-0.1, -0.05) is 54.6 Å². The SMILES string of the molecule is Clc1nc(-c2ccc3sc4ccccc4c3c2)c2ccc3ccccc3c2n1. The highest BCUT2D eigenvalue weighted by atomic mass is 35.5. The molecule has 132 valence electrons. The molecule has 0 fully saturated rings. The second-order valence-electron chi connectivity index (χ2n) is 6.83. The number of halogens is 1. The van der Waals surface area contributed by atoms with Crippen LogP contribution in [-0.2, 0) is 0 Å². The first-order valence-electron chi connectivity index (χ1n) is 9.05. The summed E-state index contributed by atoms with van der Waals surface area (Å²) < 4.78 is 2.58. The maximum atomic E-state index is 6.35. The van der Waals surface area contributed by atoms with Gasteiger partial charge in [-0.25, -0.2) is 9.97 Å². The fourth-order valence-electron chi connectivity index (χ4n) is 3.93. The third-order valence-corrected chi connectivity index (χ3v) is 6.53. The Balaban J connectivity index is 1.70. The maximum absolute atomic E-state index is 6.35. The Bertz CT molecular complexity index is 1530. The van der Waals surface area contributed by atoms with Gasteiger partial charge in [0.15, 0.2) is 0 Å². The molecule has 0 saturated heterocycles. The molecule has 0 aliphatic heterocycles. The summed E-state index contributed by atoms with van der Waals surface area (Å²) in [6.45, 7) is 0. The lowest BCUT2D eigenvalue weighted by Crippen LogP contribution is -1.92. The molecule has 0 aliphatic rings. The van der Waals surface area contributed by atoms with Gasteiger partial charge < -0.3 is 0 Å². The monoisotopic (exact) mass is 396 g/mol. The number of benzene rings is 4. The second-order valence-corrected chi connectivity index (χ2v) is 8.26. The Morgan fingerprint density at radius 3 is 2.36 bits per heavy atom. The molecular weight excluding hydrogens is 384 g/mol. The van der Waals surface area contributed by atoms with E-state index in [1.54, 1.807) is 0 Å². The van der Waals surface area contributed by atoms with Crippen LogP contribution >= 0.6 is 22.9 Å². The van der Waals surface area contributed by atoms with E-state index < -0.39 is 0 Å². The van der Waals surface area contributed by atoms with Crippen molar-refractivity contribution in [3.05, 3.63) is 84.1 Å². The molecule has 0 N–H and O–H groups in total. The number of aromatic nitrogens is 2. The Labute approximate surface area is 170 Å². The number of hydrogen-bond acceptors (Lipinski definition) is 3. The molecule has 0 amide bonds. The molecule has 6 aromatic rings. The largest absolute Gasteiger partial charge is 0.223 e. The second kappa shape index (κ2) is 5.99. The first-order valence-corrected chi connectivity index (χ1v) is 10.2. The molecule has 0 unspecified atom stereocenters. The molecular formula is C24H13ClN2S. The smallest absolute Gasteiger partial charge is 0.217 e. The van der Waals surface area contributed by atoms with Crippen LogP contribution in [0.3, 0.4) is 0 Å². The van der Waals surface area contributed by atoms with Gasteiger partial charge in [-0.3, -0.25) is 0 Å². The first kappa shape index (κ1) is 16.0. The number of thiophene rings is 1. The molecule has 2 heterocycles. The van der Waals surface area contributed by atoms with E-state index in [4.69, 9.17) is 11.6 Å². The zero-order chi connectivity index (χ0) is 18.7. The van der Waals surface area contributed by atoms with Crippen molar-refractivity contribution >= 4 is 64.8 Å². The summed E-state index contributed by atoms with van der Waals surface area (Å²) in [5.74, 6) is 0. The third kappa shape index (κ3) is 2.34. The van der Waals surface area contributed by atoms with Crippen LogP contribution in [0.5, 0.6) is 0 Å². The van der Waals surface area contributed by atoms with E-state index in [2.05, 4.69) is 76.7 Å². The zero-order valence-electron chi connectivity index (χ0n) is 14.7. The maximum Gasteiger partial charge on any atom is 0.223 e. The molecule has 2 aromatic heterocycles. The van der Waals surface area contributed by atoms with Crippen molar-refractivity contribution in [1.29, 1.82) is 0 Å². The molecule has 0 saturated carbocycles.